The molecule has 0 heterocycles. The van der Waals surface area contributed by atoms with Gasteiger partial charge >= 0.3 is 0 Å². The van der Waals surface area contributed by atoms with Crippen LogP contribution in [0.2, 0.25) is 0 Å². The molecule has 0 saturated carbocycles. The van der Waals surface area contributed by atoms with Crippen molar-refractivity contribution in [1.29, 1.82) is 0 Å². The lowest BCUT2D eigenvalue weighted by atomic mass is 9.96. The highest BCUT2D eigenvalue weighted by atomic mass is 15.0. The van der Waals surface area contributed by atoms with Crippen molar-refractivity contribution >= 4 is 0 Å². The fourth-order valence-electron chi connectivity index (χ4n) is 1.81. The summed E-state index contributed by atoms with van der Waals surface area (Å²) >= 11 is 0. The van der Waals surface area contributed by atoms with Gasteiger partial charge in [0.05, 0.1) is 0 Å². The van der Waals surface area contributed by atoms with Gasteiger partial charge in [0.15, 0.2) is 0 Å². The molecular weight excluding hydrogens is 196 g/mol. The average Bonchev–Trinajstić information content (AvgIpc) is 2.17. The molecule has 0 amide bonds. The van der Waals surface area contributed by atoms with E-state index in [4.69, 9.17) is 0 Å². The molecule has 0 aliphatic carbocycles. The molecule has 0 bridgehead atoms. The first-order valence-electron chi connectivity index (χ1n) is 6.83. The molecule has 0 fully saturated rings. The first-order valence-corrected chi connectivity index (χ1v) is 6.83. The van der Waals surface area contributed by atoms with Crippen LogP contribution in [0.15, 0.2) is 0 Å². The summed E-state index contributed by atoms with van der Waals surface area (Å²) in [7, 11) is 0. The number of rotatable bonds is 9. The summed E-state index contributed by atoms with van der Waals surface area (Å²) in [5.74, 6) is 0. The fraction of sp³-hybridized carbons (Fsp3) is 1.00. The maximum atomic E-state index is 3.61. The summed E-state index contributed by atoms with van der Waals surface area (Å²) in [5, 5.41) is 7.13. The van der Waals surface area contributed by atoms with Crippen molar-refractivity contribution in [3.8, 4) is 0 Å². The van der Waals surface area contributed by atoms with Crippen molar-refractivity contribution < 1.29 is 0 Å². The Labute approximate surface area is 103 Å². The molecule has 0 unspecified atom stereocenters. The molecule has 0 aliphatic heterocycles. The Bertz CT molecular complexity index is 174. The van der Waals surface area contributed by atoms with E-state index in [0.717, 1.165) is 13.1 Å². The minimum atomic E-state index is 0.301. The van der Waals surface area contributed by atoms with Crippen molar-refractivity contribution in [3.63, 3.8) is 0 Å². The van der Waals surface area contributed by atoms with E-state index >= 15 is 0 Å². The lowest BCUT2D eigenvalue weighted by molar-refractivity contribution is 0.339. The van der Waals surface area contributed by atoms with Gasteiger partial charge in [-0.2, -0.15) is 0 Å². The standard InChI is InChI=1S/C14H32N2/c1-7-13(3,4)16-12-10-9-11-14(5,6)15-8-2/h15-16H,7-12H2,1-6H3. The number of hydrogen-bond donors (Lipinski definition) is 2. The van der Waals surface area contributed by atoms with E-state index in [1.54, 1.807) is 0 Å². The number of hydrogen-bond acceptors (Lipinski definition) is 2. The second-order valence-corrected chi connectivity index (χ2v) is 6.04. The van der Waals surface area contributed by atoms with Gasteiger partial charge in [-0.05, 0) is 60.0 Å². The minimum Gasteiger partial charge on any atom is -0.312 e. The Morgan fingerprint density at radius 1 is 0.812 bits per heavy atom. The lowest BCUT2D eigenvalue weighted by Gasteiger charge is -2.27. The summed E-state index contributed by atoms with van der Waals surface area (Å²) in [4.78, 5) is 0. The number of unbranched alkanes of at least 4 members (excludes halogenated alkanes) is 1. The third-order valence-corrected chi connectivity index (χ3v) is 3.37. The van der Waals surface area contributed by atoms with E-state index in [-0.39, 0.29) is 0 Å². The monoisotopic (exact) mass is 228 g/mol. The Kier molecular flexibility index (Phi) is 7.25. The van der Waals surface area contributed by atoms with Crippen molar-refractivity contribution in [2.24, 2.45) is 0 Å². The maximum Gasteiger partial charge on any atom is 0.0125 e. The molecule has 0 radical (unpaired) electrons. The van der Waals surface area contributed by atoms with E-state index in [0.29, 0.717) is 11.1 Å². The highest BCUT2D eigenvalue weighted by molar-refractivity contribution is 4.78. The van der Waals surface area contributed by atoms with E-state index in [2.05, 4.69) is 52.2 Å². The lowest BCUT2D eigenvalue weighted by Crippen LogP contribution is -2.40. The zero-order valence-electron chi connectivity index (χ0n) is 12.2. The van der Waals surface area contributed by atoms with E-state index in [9.17, 15) is 0 Å². The van der Waals surface area contributed by atoms with Crippen LogP contribution >= 0.6 is 0 Å². The normalized spacial score (nSPS) is 13.1. The highest BCUT2D eigenvalue weighted by Gasteiger charge is 2.16. The van der Waals surface area contributed by atoms with E-state index in [1.165, 1.54) is 25.7 Å². The van der Waals surface area contributed by atoms with Gasteiger partial charge < -0.3 is 10.6 Å². The third kappa shape index (κ3) is 8.12. The Morgan fingerprint density at radius 3 is 1.94 bits per heavy atom. The Hall–Kier alpha value is -0.0800. The highest BCUT2D eigenvalue weighted by Crippen LogP contribution is 2.13. The third-order valence-electron chi connectivity index (χ3n) is 3.37. The van der Waals surface area contributed by atoms with E-state index < -0.39 is 0 Å². The predicted molar refractivity (Wildman–Crippen MR) is 74.0 cm³/mol. The van der Waals surface area contributed by atoms with Crippen molar-refractivity contribution in [1.82, 2.24) is 10.6 Å². The molecular formula is C14H32N2. The quantitative estimate of drug-likeness (QED) is 0.592. The van der Waals surface area contributed by atoms with Crippen LogP contribution in [0.4, 0.5) is 0 Å². The molecule has 0 aliphatic rings. The second-order valence-electron chi connectivity index (χ2n) is 6.04. The van der Waals surface area contributed by atoms with Crippen LogP contribution in [0, 0.1) is 0 Å². The summed E-state index contributed by atoms with van der Waals surface area (Å²) in [6.07, 6.45) is 5.02. The minimum absolute atomic E-state index is 0.301. The number of nitrogens with one attached hydrogen (secondary N) is 2. The van der Waals surface area contributed by atoms with Crippen molar-refractivity contribution in [2.75, 3.05) is 13.1 Å². The topological polar surface area (TPSA) is 24.1 Å². The van der Waals surface area contributed by atoms with Gasteiger partial charge in [0.2, 0.25) is 0 Å². The zero-order chi connectivity index (χ0) is 12.7. The van der Waals surface area contributed by atoms with Crippen LogP contribution < -0.4 is 10.6 Å². The van der Waals surface area contributed by atoms with Crippen LogP contribution in [0.3, 0.4) is 0 Å². The Balaban J connectivity index is 3.54. The van der Waals surface area contributed by atoms with Crippen molar-refractivity contribution in [2.45, 2.75) is 78.3 Å². The average molecular weight is 228 g/mol. The predicted octanol–water partition coefficient (Wildman–Crippen LogP) is 3.32. The molecule has 0 saturated heterocycles. The van der Waals surface area contributed by atoms with Gasteiger partial charge in [0.25, 0.3) is 0 Å². The molecule has 0 rings (SSSR count). The summed E-state index contributed by atoms with van der Waals surface area (Å²) in [6.45, 7) is 15.7. The van der Waals surface area contributed by atoms with Crippen LogP contribution in [0.25, 0.3) is 0 Å². The van der Waals surface area contributed by atoms with Crippen LogP contribution in [0.1, 0.15) is 67.2 Å². The van der Waals surface area contributed by atoms with Gasteiger partial charge in [-0.15, -0.1) is 0 Å². The van der Waals surface area contributed by atoms with Gasteiger partial charge in [-0.3, -0.25) is 0 Å². The molecule has 0 aromatic carbocycles. The first kappa shape index (κ1) is 15.9. The van der Waals surface area contributed by atoms with Gasteiger partial charge in [0.1, 0.15) is 0 Å². The molecule has 2 heteroatoms. The summed E-state index contributed by atoms with van der Waals surface area (Å²) in [5.41, 5.74) is 0.603. The molecule has 0 spiro atoms. The molecule has 0 aromatic heterocycles. The molecule has 0 aromatic rings. The van der Waals surface area contributed by atoms with Gasteiger partial charge in [0, 0.05) is 11.1 Å². The summed E-state index contributed by atoms with van der Waals surface area (Å²) < 4.78 is 0. The summed E-state index contributed by atoms with van der Waals surface area (Å²) in [6, 6.07) is 0. The maximum absolute atomic E-state index is 3.61. The Morgan fingerprint density at radius 2 is 1.44 bits per heavy atom. The molecule has 98 valence electrons. The SMILES string of the molecule is CCNC(C)(C)CCCCNC(C)(C)CC. The van der Waals surface area contributed by atoms with Crippen molar-refractivity contribution in [3.05, 3.63) is 0 Å². The first-order chi connectivity index (χ1) is 7.33. The van der Waals surface area contributed by atoms with Crippen LogP contribution in [-0.4, -0.2) is 24.2 Å². The molecule has 2 N–H and O–H groups in total. The smallest absolute Gasteiger partial charge is 0.0125 e. The van der Waals surface area contributed by atoms with Gasteiger partial charge in [-0.25, -0.2) is 0 Å². The largest absolute Gasteiger partial charge is 0.312 e. The second kappa shape index (κ2) is 7.29. The van der Waals surface area contributed by atoms with E-state index in [1.807, 2.05) is 0 Å². The van der Waals surface area contributed by atoms with Gasteiger partial charge in [-0.1, -0.05) is 20.3 Å². The zero-order valence-corrected chi connectivity index (χ0v) is 12.2. The van der Waals surface area contributed by atoms with Crippen LogP contribution in [-0.2, 0) is 0 Å². The van der Waals surface area contributed by atoms with Crippen LogP contribution in [0.5, 0.6) is 0 Å². The fourth-order valence-corrected chi connectivity index (χ4v) is 1.81. The molecule has 2 nitrogen and oxygen atoms in total. The molecule has 0 atom stereocenters. The molecule has 16 heavy (non-hydrogen) atoms.